The van der Waals surface area contributed by atoms with E-state index in [1.54, 1.807) is 12.1 Å². The summed E-state index contributed by atoms with van der Waals surface area (Å²) < 4.78 is 39.1. The Morgan fingerprint density at radius 3 is 2.51 bits per heavy atom. The van der Waals surface area contributed by atoms with Gasteiger partial charge in [-0.05, 0) is 35.2 Å². The molecule has 2 aliphatic heterocycles. The number of nitriles is 1. The van der Waals surface area contributed by atoms with Gasteiger partial charge in [0.25, 0.3) is 0 Å². The third-order valence-electron chi connectivity index (χ3n) is 8.12. The molecule has 4 amide bonds. The lowest BCUT2D eigenvalue weighted by Crippen LogP contribution is -2.61. The number of anilines is 1. The first kappa shape index (κ1) is 28.3. The fourth-order valence-corrected chi connectivity index (χ4v) is 5.86. The standard InChI is InChI=1S/C26H31F3N6O4/c1-24(2,3)18(33-23(39)26(27,28)29)22(38)35-11-15-16(25(15,4)5)17(35)21(37)32-12(10-30)9-14-13-7-6-8-31-19(13)34-20(14)36/h6-8,12,14-18H,9,11H2,1-5H3,(H,32,37)(H,33,39)(H,31,34,36)/t12-,14?,15-,16-,17-,18?/m0/s1. The molecule has 1 aliphatic carbocycles. The van der Waals surface area contributed by atoms with Crippen molar-refractivity contribution >= 4 is 29.4 Å². The van der Waals surface area contributed by atoms with Gasteiger partial charge in [0.1, 0.15) is 23.9 Å². The number of piperidine rings is 1. The van der Waals surface area contributed by atoms with E-state index in [-0.39, 0.29) is 36.1 Å². The van der Waals surface area contributed by atoms with E-state index >= 15 is 0 Å². The first-order valence-electron chi connectivity index (χ1n) is 12.6. The van der Waals surface area contributed by atoms with Crippen LogP contribution in [-0.2, 0) is 19.2 Å². The Kier molecular flexibility index (Phi) is 6.90. The van der Waals surface area contributed by atoms with Crippen LogP contribution in [0.25, 0.3) is 0 Å². The summed E-state index contributed by atoms with van der Waals surface area (Å²) in [6, 6.07) is 1.69. The molecular formula is C26H31F3N6O4. The minimum Gasteiger partial charge on any atom is -0.339 e. The summed E-state index contributed by atoms with van der Waals surface area (Å²) in [6.45, 7) is 8.56. The molecule has 3 aliphatic rings. The summed E-state index contributed by atoms with van der Waals surface area (Å²) in [5, 5.41) is 16.9. The predicted molar refractivity (Wildman–Crippen MR) is 131 cm³/mol. The largest absolute Gasteiger partial charge is 0.471 e. The molecule has 10 nitrogen and oxygen atoms in total. The number of nitrogens with one attached hydrogen (secondary N) is 3. The molecule has 2 fully saturated rings. The fraction of sp³-hybridized carbons (Fsp3) is 0.615. The van der Waals surface area contributed by atoms with Crippen molar-refractivity contribution in [1.82, 2.24) is 20.5 Å². The third kappa shape index (κ3) is 5.16. The van der Waals surface area contributed by atoms with Gasteiger partial charge < -0.3 is 20.9 Å². The molecule has 210 valence electrons. The van der Waals surface area contributed by atoms with Gasteiger partial charge in [0.05, 0.1) is 12.0 Å². The minimum atomic E-state index is -5.18. The lowest BCUT2D eigenvalue weighted by molar-refractivity contribution is -0.176. The van der Waals surface area contributed by atoms with Crippen LogP contribution in [0.1, 0.15) is 52.5 Å². The third-order valence-corrected chi connectivity index (χ3v) is 8.12. The highest BCUT2D eigenvalue weighted by Crippen LogP contribution is 2.65. The van der Waals surface area contributed by atoms with Gasteiger partial charge in [0.15, 0.2) is 0 Å². The van der Waals surface area contributed by atoms with Crippen LogP contribution in [0, 0.1) is 34.0 Å². The van der Waals surface area contributed by atoms with Crippen molar-refractivity contribution in [3.05, 3.63) is 23.9 Å². The summed E-state index contributed by atoms with van der Waals surface area (Å²) in [4.78, 5) is 56.7. The van der Waals surface area contributed by atoms with E-state index in [2.05, 4.69) is 15.6 Å². The normalized spacial score (nSPS) is 26.4. The van der Waals surface area contributed by atoms with Crippen molar-refractivity contribution in [2.75, 3.05) is 11.9 Å². The fourth-order valence-electron chi connectivity index (χ4n) is 5.86. The number of pyridine rings is 1. The number of fused-ring (bicyclic) bond motifs is 2. The van der Waals surface area contributed by atoms with Crippen LogP contribution < -0.4 is 16.0 Å². The van der Waals surface area contributed by atoms with E-state index in [0.29, 0.717) is 11.4 Å². The Morgan fingerprint density at radius 1 is 1.26 bits per heavy atom. The van der Waals surface area contributed by atoms with Crippen molar-refractivity contribution in [1.29, 1.82) is 5.26 Å². The molecule has 0 aromatic carbocycles. The molecule has 6 atom stereocenters. The SMILES string of the molecule is CC(C)(C)C(NC(=O)C(F)(F)F)C(=O)N1C[C@H]2[C@@H]([C@H]1C(=O)N[C@H](C#N)CC1C(=O)Nc3ncccc31)C2(C)C. The van der Waals surface area contributed by atoms with Gasteiger partial charge in [-0.15, -0.1) is 0 Å². The molecule has 0 bridgehead atoms. The van der Waals surface area contributed by atoms with Crippen molar-refractivity contribution in [2.45, 2.75) is 71.3 Å². The van der Waals surface area contributed by atoms with Crippen LogP contribution >= 0.6 is 0 Å². The van der Waals surface area contributed by atoms with Crippen LogP contribution in [0.2, 0.25) is 0 Å². The number of rotatable bonds is 6. The number of carbonyl (C=O) groups is 4. The van der Waals surface area contributed by atoms with Gasteiger partial charge in [-0.25, -0.2) is 4.98 Å². The van der Waals surface area contributed by atoms with Gasteiger partial charge in [-0.1, -0.05) is 40.7 Å². The number of amides is 4. The van der Waals surface area contributed by atoms with Crippen molar-refractivity contribution < 1.29 is 32.3 Å². The maximum atomic E-state index is 13.6. The van der Waals surface area contributed by atoms with Crippen LogP contribution in [0.5, 0.6) is 0 Å². The molecule has 4 rings (SSSR count). The molecule has 1 aromatic rings. The van der Waals surface area contributed by atoms with E-state index < -0.39 is 53.4 Å². The zero-order chi connectivity index (χ0) is 29.1. The summed E-state index contributed by atoms with van der Waals surface area (Å²) in [7, 11) is 0. The van der Waals surface area contributed by atoms with Gasteiger partial charge in [-0.2, -0.15) is 18.4 Å². The molecular weight excluding hydrogens is 517 g/mol. The van der Waals surface area contributed by atoms with E-state index in [4.69, 9.17) is 0 Å². The summed E-state index contributed by atoms with van der Waals surface area (Å²) >= 11 is 0. The Bertz CT molecular complexity index is 1250. The zero-order valence-corrected chi connectivity index (χ0v) is 22.2. The van der Waals surface area contributed by atoms with Crippen molar-refractivity contribution in [3.63, 3.8) is 0 Å². The number of halogens is 3. The number of hydrogen-bond donors (Lipinski definition) is 3. The molecule has 3 N–H and O–H groups in total. The molecule has 1 aromatic heterocycles. The summed E-state index contributed by atoms with van der Waals surface area (Å²) in [5.41, 5.74) is -0.789. The topological polar surface area (TPSA) is 144 Å². The lowest BCUT2D eigenvalue weighted by Gasteiger charge is -2.37. The maximum Gasteiger partial charge on any atom is 0.471 e. The predicted octanol–water partition coefficient (Wildman–Crippen LogP) is 2.09. The zero-order valence-electron chi connectivity index (χ0n) is 22.2. The second-order valence-corrected chi connectivity index (χ2v) is 12.1. The van der Waals surface area contributed by atoms with E-state index in [1.807, 2.05) is 25.2 Å². The average Bonchev–Trinajstić information content (AvgIpc) is 3.15. The molecule has 0 radical (unpaired) electrons. The Morgan fingerprint density at radius 2 is 1.92 bits per heavy atom. The lowest BCUT2D eigenvalue weighted by atomic mass is 9.85. The van der Waals surface area contributed by atoms with Crippen molar-refractivity contribution in [2.24, 2.45) is 22.7 Å². The number of alkyl halides is 3. The molecule has 1 saturated heterocycles. The molecule has 13 heteroatoms. The van der Waals surface area contributed by atoms with Gasteiger partial charge in [0.2, 0.25) is 17.7 Å². The van der Waals surface area contributed by atoms with E-state index in [0.717, 1.165) is 0 Å². The summed E-state index contributed by atoms with van der Waals surface area (Å²) in [5.74, 6) is -4.70. The van der Waals surface area contributed by atoms with Crippen molar-refractivity contribution in [3.8, 4) is 6.07 Å². The maximum absolute atomic E-state index is 13.6. The smallest absolute Gasteiger partial charge is 0.339 e. The first-order chi connectivity index (χ1) is 18.0. The van der Waals surface area contributed by atoms with E-state index in [9.17, 15) is 37.6 Å². The molecule has 1 saturated carbocycles. The average molecular weight is 549 g/mol. The monoisotopic (exact) mass is 548 g/mol. The first-order valence-corrected chi connectivity index (χ1v) is 12.6. The quantitative estimate of drug-likeness (QED) is 0.497. The minimum absolute atomic E-state index is 0.0306. The molecule has 39 heavy (non-hydrogen) atoms. The Labute approximate surface area is 223 Å². The molecule has 0 spiro atoms. The highest BCUT2D eigenvalue weighted by Gasteiger charge is 2.70. The van der Waals surface area contributed by atoms with Gasteiger partial charge in [0, 0.05) is 18.3 Å². The van der Waals surface area contributed by atoms with Gasteiger partial charge in [-0.3, -0.25) is 19.2 Å². The van der Waals surface area contributed by atoms with Crippen LogP contribution in [0.4, 0.5) is 19.0 Å². The number of carbonyl (C=O) groups excluding carboxylic acids is 4. The highest BCUT2D eigenvalue weighted by atomic mass is 19.4. The number of nitrogens with zero attached hydrogens (tertiary/aromatic N) is 3. The Hall–Kier alpha value is -3.69. The summed E-state index contributed by atoms with van der Waals surface area (Å²) in [6.07, 6.45) is -3.69. The second kappa shape index (κ2) is 9.50. The second-order valence-electron chi connectivity index (χ2n) is 12.1. The van der Waals surface area contributed by atoms with Crippen LogP contribution in [0.3, 0.4) is 0 Å². The van der Waals surface area contributed by atoms with E-state index in [1.165, 1.54) is 31.9 Å². The number of hydrogen-bond acceptors (Lipinski definition) is 6. The molecule has 3 heterocycles. The van der Waals surface area contributed by atoms with Crippen LogP contribution in [0.15, 0.2) is 18.3 Å². The van der Waals surface area contributed by atoms with Gasteiger partial charge >= 0.3 is 12.1 Å². The number of likely N-dealkylation sites (tertiary alicyclic amines) is 1. The number of aromatic nitrogens is 1. The highest BCUT2D eigenvalue weighted by molar-refractivity contribution is 6.02. The Balaban J connectivity index is 1.54. The van der Waals surface area contributed by atoms with Crippen LogP contribution in [-0.4, -0.2) is 64.4 Å². The molecule has 2 unspecified atom stereocenters.